The Hall–Kier alpha value is -4.08. The summed E-state index contributed by atoms with van der Waals surface area (Å²) in [5.74, 6) is 0.417. The fraction of sp³-hybridized carbons (Fsp3) is 0.0588. The highest BCUT2D eigenvalue weighted by atomic mass is 16.6. The summed E-state index contributed by atoms with van der Waals surface area (Å²) in [6, 6.07) is 16.6. The highest BCUT2D eigenvalue weighted by Gasteiger charge is 2.19. The molecule has 10 heteroatoms. The summed E-state index contributed by atoms with van der Waals surface area (Å²) >= 11 is 0. The van der Waals surface area contributed by atoms with Gasteiger partial charge in [0.05, 0.1) is 6.21 Å². The van der Waals surface area contributed by atoms with E-state index in [0.29, 0.717) is 11.5 Å². The lowest BCUT2D eigenvalue weighted by Crippen LogP contribution is -2.23. The van der Waals surface area contributed by atoms with Crippen LogP contribution in [0.3, 0.4) is 0 Å². The van der Waals surface area contributed by atoms with E-state index in [1.54, 1.807) is 12.1 Å². The van der Waals surface area contributed by atoms with Crippen LogP contribution in [-0.2, 0) is 11.3 Å². The molecule has 136 valence electrons. The van der Waals surface area contributed by atoms with Gasteiger partial charge < -0.3 is 9.94 Å². The minimum absolute atomic E-state index is 0.213. The fourth-order valence-electron chi connectivity index (χ4n) is 2.09. The van der Waals surface area contributed by atoms with Gasteiger partial charge in [-0.15, -0.1) is 0 Å². The number of hydrogen-bond donors (Lipinski definition) is 2. The summed E-state index contributed by atoms with van der Waals surface area (Å²) in [5.41, 5.74) is 3.06. The predicted molar refractivity (Wildman–Crippen MR) is 93.8 cm³/mol. The van der Waals surface area contributed by atoms with Crippen molar-refractivity contribution < 1.29 is 19.7 Å². The quantitative estimate of drug-likeness (QED) is 0.487. The molecule has 0 saturated heterocycles. The Balaban J connectivity index is 1.55. The smallest absolute Gasteiger partial charge is 0.457 e. The van der Waals surface area contributed by atoms with E-state index in [0.717, 1.165) is 16.6 Å². The number of hydrogen-bond acceptors (Lipinski definition) is 6. The zero-order valence-electron chi connectivity index (χ0n) is 14.0. The number of amides is 1. The summed E-state index contributed by atoms with van der Waals surface area (Å²) in [5, 5.41) is 16.1. The maximum atomic E-state index is 11.8. The molecular formula is C17H15N6O4+. The predicted octanol–water partition coefficient (Wildman–Crippen LogP) is 2.02. The van der Waals surface area contributed by atoms with E-state index in [4.69, 9.17) is 9.94 Å². The summed E-state index contributed by atoms with van der Waals surface area (Å²) < 4.78 is 6.82. The van der Waals surface area contributed by atoms with Gasteiger partial charge in [-0.05, 0) is 34.8 Å². The molecule has 0 bridgehead atoms. The van der Waals surface area contributed by atoms with Gasteiger partial charge in [0, 0.05) is 5.10 Å². The summed E-state index contributed by atoms with van der Waals surface area (Å²) in [4.78, 5) is 25.4. The average Bonchev–Trinajstić information content (AvgIpc) is 3.12. The van der Waals surface area contributed by atoms with Gasteiger partial charge >= 0.3 is 5.95 Å². The van der Waals surface area contributed by atoms with Gasteiger partial charge in [-0.2, -0.15) is 9.78 Å². The van der Waals surface area contributed by atoms with Crippen LogP contribution < -0.4 is 10.2 Å². The number of ether oxygens (including phenoxy) is 1. The first-order valence-electron chi connectivity index (χ1n) is 7.80. The van der Waals surface area contributed by atoms with Crippen LogP contribution in [0.1, 0.15) is 5.56 Å². The van der Waals surface area contributed by atoms with E-state index < -0.39 is 16.8 Å². The van der Waals surface area contributed by atoms with Crippen LogP contribution in [0.2, 0.25) is 0 Å². The monoisotopic (exact) mass is 367 g/mol. The van der Waals surface area contributed by atoms with Crippen LogP contribution >= 0.6 is 0 Å². The first-order chi connectivity index (χ1) is 13.1. The molecule has 0 radical (unpaired) electrons. The Morgan fingerprint density at radius 2 is 2.00 bits per heavy atom. The molecule has 0 saturated carbocycles. The van der Waals surface area contributed by atoms with Crippen molar-refractivity contribution in [3.63, 3.8) is 0 Å². The maximum absolute atomic E-state index is 11.8. The van der Waals surface area contributed by atoms with Gasteiger partial charge in [-0.25, -0.2) is 5.43 Å². The SMILES string of the molecule is O=C(Cn1cnc([N+](=O)O)n1)N/N=C/c1cccc(Oc2ccccc2)c1. The molecule has 0 aliphatic rings. The molecule has 0 aliphatic carbocycles. The van der Waals surface area contributed by atoms with E-state index in [2.05, 4.69) is 20.6 Å². The lowest BCUT2D eigenvalue weighted by Gasteiger charge is -2.05. The molecular weight excluding hydrogens is 352 g/mol. The number of para-hydroxylation sites is 1. The first-order valence-corrected chi connectivity index (χ1v) is 7.80. The number of benzene rings is 2. The molecule has 1 heterocycles. The van der Waals surface area contributed by atoms with Crippen LogP contribution in [0.4, 0.5) is 5.95 Å². The van der Waals surface area contributed by atoms with Gasteiger partial charge in [-0.3, -0.25) is 4.79 Å². The molecule has 1 aromatic heterocycles. The van der Waals surface area contributed by atoms with E-state index in [9.17, 15) is 9.70 Å². The zero-order chi connectivity index (χ0) is 19.1. The number of nitrogens with one attached hydrogen (secondary N) is 1. The molecule has 2 aromatic carbocycles. The third-order valence-electron chi connectivity index (χ3n) is 3.24. The topological polar surface area (TPSA) is 122 Å². The third kappa shape index (κ3) is 5.19. The van der Waals surface area contributed by atoms with Crippen LogP contribution in [0, 0.1) is 4.91 Å². The average molecular weight is 367 g/mol. The Kier molecular flexibility index (Phi) is 5.48. The summed E-state index contributed by atoms with van der Waals surface area (Å²) in [7, 11) is 0. The van der Waals surface area contributed by atoms with Crippen molar-refractivity contribution in [2.45, 2.75) is 6.54 Å². The molecule has 0 fully saturated rings. The van der Waals surface area contributed by atoms with Crippen LogP contribution in [0.5, 0.6) is 11.5 Å². The molecule has 1 amide bonds. The fourth-order valence-corrected chi connectivity index (χ4v) is 2.09. The number of rotatable bonds is 7. The molecule has 0 aliphatic heterocycles. The highest BCUT2D eigenvalue weighted by molar-refractivity contribution is 5.82. The van der Waals surface area contributed by atoms with E-state index in [1.165, 1.54) is 6.21 Å². The molecule has 27 heavy (non-hydrogen) atoms. The molecule has 0 atom stereocenters. The Morgan fingerprint density at radius 3 is 2.74 bits per heavy atom. The number of carbonyl (C=O) groups excluding carboxylic acids is 1. The van der Waals surface area contributed by atoms with Crippen molar-refractivity contribution in [1.82, 2.24) is 20.2 Å². The van der Waals surface area contributed by atoms with Crippen molar-refractivity contribution in [3.05, 3.63) is 71.4 Å². The molecule has 3 aromatic rings. The minimum atomic E-state index is -0.489. The molecule has 0 unspecified atom stereocenters. The minimum Gasteiger partial charge on any atom is -0.457 e. The van der Waals surface area contributed by atoms with Crippen molar-refractivity contribution in [1.29, 1.82) is 0 Å². The van der Waals surface area contributed by atoms with Crippen molar-refractivity contribution in [2.24, 2.45) is 5.10 Å². The zero-order valence-corrected chi connectivity index (χ0v) is 14.0. The Bertz CT molecular complexity index is 970. The van der Waals surface area contributed by atoms with Crippen molar-refractivity contribution >= 4 is 18.1 Å². The number of nitrogens with zero attached hydrogens (tertiary/aromatic N) is 5. The van der Waals surface area contributed by atoms with Crippen LogP contribution in [0.15, 0.2) is 66.0 Å². The third-order valence-corrected chi connectivity index (χ3v) is 3.24. The molecule has 3 rings (SSSR count). The second-order valence-corrected chi connectivity index (χ2v) is 5.30. The van der Waals surface area contributed by atoms with Crippen LogP contribution in [-0.4, -0.2) is 37.0 Å². The van der Waals surface area contributed by atoms with Gasteiger partial charge in [0.15, 0.2) is 4.92 Å². The second-order valence-electron chi connectivity index (χ2n) is 5.30. The maximum Gasteiger partial charge on any atom is 0.531 e. The number of aromatic nitrogens is 3. The van der Waals surface area contributed by atoms with Gasteiger partial charge in [0.2, 0.25) is 6.33 Å². The lowest BCUT2D eigenvalue weighted by atomic mass is 10.2. The van der Waals surface area contributed by atoms with Crippen molar-refractivity contribution in [2.75, 3.05) is 0 Å². The first kappa shape index (κ1) is 17.7. The molecule has 2 N–H and O–H groups in total. The molecule has 10 nitrogen and oxygen atoms in total. The Morgan fingerprint density at radius 1 is 1.22 bits per heavy atom. The van der Waals surface area contributed by atoms with Gasteiger partial charge in [-0.1, -0.05) is 35.2 Å². The summed E-state index contributed by atoms with van der Waals surface area (Å²) in [6.45, 7) is -0.213. The lowest BCUT2D eigenvalue weighted by molar-refractivity contribution is -0.734. The molecule has 0 spiro atoms. The standard InChI is InChI=1S/C17H14N6O4/c24-16(11-22-12-18-17(21-22)23(25)26)20-19-10-13-5-4-8-15(9-13)27-14-6-2-1-3-7-14/h1-10,12H,11H2,(H-,20,24,25,26)/p+1/b19-10+. The van der Waals surface area contributed by atoms with Crippen LogP contribution in [0.25, 0.3) is 0 Å². The van der Waals surface area contributed by atoms with E-state index in [-0.39, 0.29) is 6.54 Å². The van der Waals surface area contributed by atoms with E-state index in [1.807, 2.05) is 42.5 Å². The number of hydrazone groups is 1. The number of carbonyl (C=O) groups is 1. The van der Waals surface area contributed by atoms with Gasteiger partial charge in [0.25, 0.3) is 5.91 Å². The summed E-state index contributed by atoms with van der Waals surface area (Å²) in [6.07, 6.45) is 2.61. The Labute approximate surface area is 153 Å². The van der Waals surface area contributed by atoms with Gasteiger partial charge in [0.1, 0.15) is 18.0 Å². The van der Waals surface area contributed by atoms with E-state index >= 15 is 0 Å². The van der Waals surface area contributed by atoms with Crippen molar-refractivity contribution in [3.8, 4) is 11.5 Å². The highest BCUT2D eigenvalue weighted by Crippen LogP contribution is 2.21. The normalized spacial score (nSPS) is 10.7. The largest absolute Gasteiger partial charge is 0.531 e. The second kappa shape index (κ2) is 8.34.